The Balaban J connectivity index is 2.18. The Morgan fingerprint density at radius 3 is 2.89 bits per heavy atom. The summed E-state index contributed by atoms with van der Waals surface area (Å²) in [6.07, 6.45) is 1.03. The van der Waals surface area contributed by atoms with Crippen LogP contribution in [0.2, 0.25) is 0 Å². The van der Waals surface area contributed by atoms with Gasteiger partial charge in [0.05, 0.1) is 0 Å². The summed E-state index contributed by atoms with van der Waals surface area (Å²) >= 11 is 1.81. The molecule has 0 aliphatic carbocycles. The number of rotatable bonds is 5. The number of anilines is 1. The number of nitrogens with one attached hydrogen (secondary N) is 2. The molecule has 0 saturated heterocycles. The predicted octanol–water partition coefficient (Wildman–Crippen LogP) is 3.18. The van der Waals surface area contributed by atoms with E-state index in [1.165, 1.54) is 4.90 Å². The van der Waals surface area contributed by atoms with Crippen molar-refractivity contribution in [3.63, 3.8) is 0 Å². The van der Waals surface area contributed by atoms with Gasteiger partial charge >= 0.3 is 0 Å². The van der Waals surface area contributed by atoms with Crippen LogP contribution in [0.1, 0.15) is 38.8 Å². The van der Waals surface area contributed by atoms with Crippen LogP contribution in [0.15, 0.2) is 23.1 Å². The molecule has 0 bridgehead atoms. The van der Waals surface area contributed by atoms with Gasteiger partial charge in [-0.1, -0.05) is 26.8 Å². The quantitative estimate of drug-likeness (QED) is 0.803. The summed E-state index contributed by atoms with van der Waals surface area (Å²) in [4.78, 5) is 13.1. The second-order valence-corrected chi connectivity index (χ2v) is 6.44. The Morgan fingerprint density at radius 1 is 1.44 bits per heavy atom. The minimum atomic E-state index is -0.182. The molecule has 0 fully saturated rings. The molecule has 18 heavy (non-hydrogen) atoms. The van der Waals surface area contributed by atoms with Crippen LogP contribution >= 0.6 is 11.8 Å². The number of benzene rings is 1. The number of carbonyl (C=O) groups excluding carboxylic acids is 1. The maximum absolute atomic E-state index is 11.9. The molecule has 1 aromatic rings. The molecule has 2 N–H and O–H groups in total. The summed E-state index contributed by atoms with van der Waals surface area (Å²) in [5.74, 6) is 0.0603. The van der Waals surface area contributed by atoms with E-state index in [9.17, 15) is 4.79 Å². The molecule has 0 saturated carbocycles. The summed E-state index contributed by atoms with van der Waals surface area (Å²) in [6, 6.07) is 6.05. The summed E-state index contributed by atoms with van der Waals surface area (Å²) in [5.41, 5.74) is 2.03. The first-order valence-corrected chi connectivity index (χ1v) is 7.34. The molecular weight excluding hydrogens is 244 g/mol. The van der Waals surface area contributed by atoms with E-state index in [4.69, 9.17) is 0 Å². The number of fused-ring (bicyclic) bond motifs is 1. The lowest BCUT2D eigenvalue weighted by molar-refractivity contribution is -0.117. The normalized spacial score (nSPS) is 18.0. The molecule has 1 amide bonds. The van der Waals surface area contributed by atoms with Crippen LogP contribution in [-0.2, 0) is 4.79 Å². The average molecular weight is 264 g/mol. The van der Waals surface area contributed by atoms with Crippen molar-refractivity contribution in [2.45, 2.75) is 43.4 Å². The lowest BCUT2D eigenvalue weighted by atomic mass is 10.1. The van der Waals surface area contributed by atoms with E-state index in [0.717, 1.165) is 24.2 Å². The van der Waals surface area contributed by atoms with Gasteiger partial charge in [0.1, 0.15) is 6.04 Å². The van der Waals surface area contributed by atoms with E-state index in [1.807, 2.05) is 11.8 Å². The zero-order chi connectivity index (χ0) is 13.1. The van der Waals surface area contributed by atoms with E-state index in [1.54, 1.807) is 0 Å². The van der Waals surface area contributed by atoms with Crippen molar-refractivity contribution in [2.75, 3.05) is 11.9 Å². The third kappa shape index (κ3) is 2.87. The van der Waals surface area contributed by atoms with E-state index in [2.05, 4.69) is 49.6 Å². The van der Waals surface area contributed by atoms with Gasteiger partial charge in [-0.2, -0.15) is 0 Å². The third-order valence-electron chi connectivity index (χ3n) is 2.83. The maximum Gasteiger partial charge on any atom is 0.246 e. The molecule has 1 atom stereocenters. The highest BCUT2D eigenvalue weighted by molar-refractivity contribution is 7.99. The van der Waals surface area contributed by atoms with Crippen molar-refractivity contribution < 1.29 is 4.79 Å². The van der Waals surface area contributed by atoms with Crippen molar-refractivity contribution >= 4 is 23.4 Å². The molecule has 0 radical (unpaired) electrons. The Hall–Kier alpha value is -1.00. The Kier molecular flexibility index (Phi) is 4.30. The van der Waals surface area contributed by atoms with Crippen LogP contribution in [0, 0.1) is 0 Å². The molecular formula is C14H20N2OS. The Morgan fingerprint density at radius 2 is 2.22 bits per heavy atom. The molecule has 0 spiro atoms. The molecule has 1 aliphatic heterocycles. The SMILES string of the molecule is CCCNC1C(=O)Nc2cc(SC(C)C)ccc21. The van der Waals surface area contributed by atoms with E-state index >= 15 is 0 Å². The molecule has 2 rings (SSSR count). The standard InChI is InChI=1S/C14H20N2OS/c1-4-7-15-13-11-6-5-10(18-9(2)3)8-12(11)16-14(13)17/h5-6,8-9,13,15H,4,7H2,1-3H3,(H,16,17). The van der Waals surface area contributed by atoms with E-state index < -0.39 is 0 Å². The monoisotopic (exact) mass is 264 g/mol. The van der Waals surface area contributed by atoms with Crippen molar-refractivity contribution in [1.29, 1.82) is 0 Å². The average Bonchev–Trinajstić information content (AvgIpc) is 2.60. The van der Waals surface area contributed by atoms with Crippen LogP contribution < -0.4 is 10.6 Å². The highest BCUT2D eigenvalue weighted by Gasteiger charge is 2.29. The van der Waals surface area contributed by atoms with Gasteiger partial charge in [0.25, 0.3) is 0 Å². The summed E-state index contributed by atoms with van der Waals surface area (Å²) in [7, 11) is 0. The highest BCUT2D eigenvalue weighted by Crippen LogP contribution is 2.35. The number of carbonyl (C=O) groups is 1. The molecule has 1 unspecified atom stereocenters. The van der Waals surface area contributed by atoms with Crippen molar-refractivity contribution in [3.05, 3.63) is 23.8 Å². The molecule has 3 nitrogen and oxygen atoms in total. The van der Waals surface area contributed by atoms with Gasteiger partial charge < -0.3 is 10.6 Å². The smallest absolute Gasteiger partial charge is 0.246 e. The zero-order valence-corrected chi connectivity index (χ0v) is 11.9. The second kappa shape index (κ2) is 5.76. The molecule has 98 valence electrons. The van der Waals surface area contributed by atoms with Crippen LogP contribution in [0.25, 0.3) is 0 Å². The van der Waals surface area contributed by atoms with Crippen LogP contribution in [0.3, 0.4) is 0 Å². The summed E-state index contributed by atoms with van der Waals surface area (Å²) in [5, 5.41) is 6.78. The minimum Gasteiger partial charge on any atom is -0.324 e. The molecule has 4 heteroatoms. The lowest BCUT2D eigenvalue weighted by Crippen LogP contribution is -2.27. The molecule has 1 aliphatic rings. The van der Waals surface area contributed by atoms with E-state index in [-0.39, 0.29) is 11.9 Å². The number of thioether (sulfide) groups is 1. The topological polar surface area (TPSA) is 41.1 Å². The maximum atomic E-state index is 11.9. The summed E-state index contributed by atoms with van der Waals surface area (Å²) < 4.78 is 0. The van der Waals surface area contributed by atoms with Crippen molar-refractivity contribution in [2.24, 2.45) is 0 Å². The van der Waals surface area contributed by atoms with Crippen LogP contribution in [0.5, 0.6) is 0 Å². The Bertz CT molecular complexity index is 445. The van der Waals surface area contributed by atoms with Gasteiger partial charge in [-0.3, -0.25) is 4.79 Å². The van der Waals surface area contributed by atoms with Gasteiger partial charge in [-0.25, -0.2) is 0 Å². The zero-order valence-electron chi connectivity index (χ0n) is 11.1. The first kappa shape index (κ1) is 13.4. The van der Waals surface area contributed by atoms with Crippen LogP contribution in [-0.4, -0.2) is 17.7 Å². The number of amides is 1. The molecule has 0 aromatic heterocycles. The third-order valence-corrected chi connectivity index (χ3v) is 3.82. The predicted molar refractivity (Wildman–Crippen MR) is 77.1 cm³/mol. The van der Waals surface area contributed by atoms with Gasteiger partial charge in [-0.15, -0.1) is 11.8 Å². The lowest BCUT2D eigenvalue weighted by Gasteiger charge is -2.11. The van der Waals surface area contributed by atoms with Crippen LogP contribution in [0.4, 0.5) is 5.69 Å². The molecule has 1 aromatic carbocycles. The van der Waals surface area contributed by atoms with Crippen molar-refractivity contribution in [1.82, 2.24) is 5.32 Å². The minimum absolute atomic E-state index is 0.0603. The molecule has 1 heterocycles. The van der Waals surface area contributed by atoms with E-state index in [0.29, 0.717) is 5.25 Å². The number of hydrogen-bond donors (Lipinski definition) is 2. The van der Waals surface area contributed by atoms with Gasteiger partial charge in [0, 0.05) is 21.4 Å². The van der Waals surface area contributed by atoms with Gasteiger partial charge in [-0.05, 0) is 25.1 Å². The second-order valence-electron chi connectivity index (χ2n) is 4.79. The van der Waals surface area contributed by atoms with Crippen molar-refractivity contribution in [3.8, 4) is 0 Å². The van der Waals surface area contributed by atoms with Gasteiger partial charge in [0.2, 0.25) is 5.91 Å². The fraction of sp³-hybridized carbons (Fsp3) is 0.500. The highest BCUT2D eigenvalue weighted by atomic mass is 32.2. The summed E-state index contributed by atoms with van der Waals surface area (Å²) in [6.45, 7) is 7.30. The van der Waals surface area contributed by atoms with Gasteiger partial charge in [0.15, 0.2) is 0 Å². The first-order chi connectivity index (χ1) is 8.61. The fourth-order valence-electron chi connectivity index (χ4n) is 2.08. The number of hydrogen-bond acceptors (Lipinski definition) is 3. The largest absolute Gasteiger partial charge is 0.324 e. The fourth-order valence-corrected chi connectivity index (χ4v) is 2.96. The first-order valence-electron chi connectivity index (χ1n) is 6.46. The Labute approximate surface area is 113 Å².